The number of nitrogens with one attached hydrogen (secondary N) is 1. The van der Waals surface area contributed by atoms with Gasteiger partial charge in [0.05, 0.1) is 0 Å². The molecule has 0 heterocycles. The van der Waals surface area contributed by atoms with Gasteiger partial charge in [0.2, 0.25) is 0 Å². The lowest BCUT2D eigenvalue weighted by Gasteiger charge is -2.10. The second-order valence-electron chi connectivity index (χ2n) is 4.39. The Bertz CT molecular complexity index is 566. The summed E-state index contributed by atoms with van der Waals surface area (Å²) in [6, 6.07) is 10.8. The smallest absolute Gasteiger partial charge is 0.126 e. The number of hydrogen-bond donors (Lipinski definition) is 1. The zero-order valence-electron chi connectivity index (χ0n) is 10.4. The Labute approximate surface area is 112 Å². The van der Waals surface area contributed by atoms with E-state index in [1.54, 1.807) is 19.1 Å². The van der Waals surface area contributed by atoms with E-state index in [9.17, 15) is 4.39 Å². The lowest BCUT2D eigenvalue weighted by Crippen LogP contribution is -2.01. The van der Waals surface area contributed by atoms with E-state index in [4.69, 9.17) is 11.6 Å². The summed E-state index contributed by atoms with van der Waals surface area (Å²) < 4.78 is 13.1. The lowest BCUT2D eigenvalue weighted by atomic mass is 10.1. The van der Waals surface area contributed by atoms with E-state index in [-0.39, 0.29) is 5.82 Å². The van der Waals surface area contributed by atoms with E-state index in [0.29, 0.717) is 12.1 Å². The minimum atomic E-state index is -0.178. The molecule has 0 fully saturated rings. The van der Waals surface area contributed by atoms with Crippen LogP contribution in [0.5, 0.6) is 0 Å². The number of hydrogen-bond acceptors (Lipinski definition) is 1. The molecule has 0 aliphatic heterocycles. The Kier molecular flexibility index (Phi) is 3.87. The maximum absolute atomic E-state index is 13.1. The van der Waals surface area contributed by atoms with Crippen LogP contribution in [0.3, 0.4) is 0 Å². The van der Waals surface area contributed by atoms with Gasteiger partial charge in [0.25, 0.3) is 0 Å². The molecule has 0 atom stereocenters. The van der Waals surface area contributed by atoms with Crippen molar-refractivity contribution in [2.24, 2.45) is 0 Å². The van der Waals surface area contributed by atoms with Crippen LogP contribution in [0.4, 0.5) is 10.1 Å². The third-order valence-corrected chi connectivity index (χ3v) is 3.18. The van der Waals surface area contributed by atoms with Crippen LogP contribution in [0, 0.1) is 19.7 Å². The maximum atomic E-state index is 13.1. The fourth-order valence-electron chi connectivity index (χ4n) is 1.81. The molecular formula is C15H15ClFN. The number of halogens is 2. The second kappa shape index (κ2) is 5.40. The van der Waals surface area contributed by atoms with Crippen molar-refractivity contribution in [2.45, 2.75) is 20.4 Å². The summed E-state index contributed by atoms with van der Waals surface area (Å²) in [6.45, 7) is 4.49. The Morgan fingerprint density at radius 1 is 1.06 bits per heavy atom. The molecule has 2 aromatic carbocycles. The fourth-order valence-corrected chi connectivity index (χ4v) is 2.04. The summed E-state index contributed by atoms with van der Waals surface area (Å²) in [5.74, 6) is -0.178. The Hall–Kier alpha value is -1.54. The van der Waals surface area contributed by atoms with Crippen molar-refractivity contribution in [3.8, 4) is 0 Å². The molecule has 2 rings (SSSR count). The Morgan fingerprint density at radius 3 is 2.50 bits per heavy atom. The molecule has 18 heavy (non-hydrogen) atoms. The van der Waals surface area contributed by atoms with Crippen LogP contribution in [0.25, 0.3) is 0 Å². The zero-order valence-corrected chi connectivity index (χ0v) is 11.2. The average Bonchev–Trinajstić information content (AvgIpc) is 2.32. The molecule has 2 aromatic rings. The molecule has 0 saturated heterocycles. The van der Waals surface area contributed by atoms with Crippen LogP contribution in [0.1, 0.15) is 16.7 Å². The highest BCUT2D eigenvalue weighted by Gasteiger charge is 2.01. The summed E-state index contributed by atoms with van der Waals surface area (Å²) in [5.41, 5.74) is 3.89. The van der Waals surface area contributed by atoms with Crippen LogP contribution in [0.2, 0.25) is 5.02 Å². The SMILES string of the molecule is Cc1cc(NCc2ccc(Cl)cc2C)ccc1F. The number of anilines is 1. The molecule has 0 aromatic heterocycles. The summed E-state index contributed by atoms with van der Waals surface area (Å²) in [6.07, 6.45) is 0. The van der Waals surface area contributed by atoms with E-state index in [2.05, 4.69) is 5.32 Å². The number of benzene rings is 2. The van der Waals surface area contributed by atoms with E-state index in [0.717, 1.165) is 16.3 Å². The van der Waals surface area contributed by atoms with Gasteiger partial charge in [-0.3, -0.25) is 0 Å². The minimum absolute atomic E-state index is 0.178. The van der Waals surface area contributed by atoms with E-state index < -0.39 is 0 Å². The molecule has 3 heteroatoms. The molecule has 0 bridgehead atoms. The summed E-state index contributed by atoms with van der Waals surface area (Å²) in [7, 11) is 0. The molecular weight excluding hydrogens is 249 g/mol. The Balaban J connectivity index is 2.09. The fraction of sp³-hybridized carbons (Fsp3) is 0.200. The van der Waals surface area contributed by atoms with Crippen molar-refractivity contribution in [3.63, 3.8) is 0 Å². The highest BCUT2D eigenvalue weighted by Crippen LogP contribution is 2.18. The van der Waals surface area contributed by atoms with Gasteiger partial charge in [-0.25, -0.2) is 4.39 Å². The van der Waals surface area contributed by atoms with Gasteiger partial charge in [-0.2, -0.15) is 0 Å². The van der Waals surface area contributed by atoms with Crippen LogP contribution < -0.4 is 5.32 Å². The maximum Gasteiger partial charge on any atom is 0.126 e. The predicted octanol–water partition coefficient (Wildman–Crippen LogP) is 4.71. The lowest BCUT2D eigenvalue weighted by molar-refractivity contribution is 0.618. The van der Waals surface area contributed by atoms with Crippen molar-refractivity contribution in [3.05, 3.63) is 63.9 Å². The molecule has 0 saturated carbocycles. The number of aryl methyl sites for hydroxylation is 2. The van der Waals surface area contributed by atoms with Gasteiger partial charge in [0.1, 0.15) is 5.82 Å². The van der Waals surface area contributed by atoms with Crippen molar-refractivity contribution < 1.29 is 4.39 Å². The molecule has 1 nitrogen and oxygen atoms in total. The summed E-state index contributed by atoms with van der Waals surface area (Å²) in [4.78, 5) is 0. The van der Waals surface area contributed by atoms with E-state index >= 15 is 0 Å². The monoisotopic (exact) mass is 263 g/mol. The minimum Gasteiger partial charge on any atom is -0.381 e. The molecule has 0 aliphatic rings. The van der Waals surface area contributed by atoms with Gasteiger partial charge in [-0.05, 0) is 60.9 Å². The first kappa shape index (κ1) is 12.9. The van der Waals surface area contributed by atoms with Crippen molar-refractivity contribution >= 4 is 17.3 Å². The first-order valence-electron chi connectivity index (χ1n) is 5.81. The van der Waals surface area contributed by atoms with Gasteiger partial charge < -0.3 is 5.32 Å². The molecule has 0 unspecified atom stereocenters. The molecule has 1 N–H and O–H groups in total. The Morgan fingerprint density at radius 2 is 1.83 bits per heavy atom. The van der Waals surface area contributed by atoms with Crippen molar-refractivity contribution in [1.82, 2.24) is 0 Å². The van der Waals surface area contributed by atoms with Gasteiger partial charge in [0.15, 0.2) is 0 Å². The summed E-state index contributed by atoms with van der Waals surface area (Å²) >= 11 is 5.91. The molecule has 94 valence electrons. The topological polar surface area (TPSA) is 12.0 Å². The largest absolute Gasteiger partial charge is 0.381 e. The third kappa shape index (κ3) is 3.02. The first-order chi connectivity index (χ1) is 8.56. The van der Waals surface area contributed by atoms with Gasteiger partial charge in [-0.15, -0.1) is 0 Å². The zero-order chi connectivity index (χ0) is 13.1. The number of rotatable bonds is 3. The van der Waals surface area contributed by atoms with Crippen LogP contribution >= 0.6 is 11.6 Å². The van der Waals surface area contributed by atoms with Crippen molar-refractivity contribution in [2.75, 3.05) is 5.32 Å². The highest BCUT2D eigenvalue weighted by molar-refractivity contribution is 6.30. The second-order valence-corrected chi connectivity index (χ2v) is 4.82. The molecule has 0 aliphatic carbocycles. The first-order valence-corrected chi connectivity index (χ1v) is 6.19. The van der Waals surface area contributed by atoms with Crippen LogP contribution in [-0.2, 0) is 6.54 Å². The summed E-state index contributed by atoms with van der Waals surface area (Å²) in [5, 5.41) is 4.02. The van der Waals surface area contributed by atoms with Gasteiger partial charge in [0, 0.05) is 17.3 Å². The average molecular weight is 264 g/mol. The predicted molar refractivity (Wildman–Crippen MR) is 74.7 cm³/mol. The normalized spacial score (nSPS) is 10.4. The highest BCUT2D eigenvalue weighted by atomic mass is 35.5. The van der Waals surface area contributed by atoms with Crippen LogP contribution in [-0.4, -0.2) is 0 Å². The molecule has 0 amide bonds. The third-order valence-electron chi connectivity index (χ3n) is 2.95. The van der Waals surface area contributed by atoms with Crippen LogP contribution in [0.15, 0.2) is 36.4 Å². The van der Waals surface area contributed by atoms with E-state index in [1.165, 1.54) is 11.6 Å². The standard InChI is InChI=1S/C15H15ClFN/c1-10-7-13(16)4-3-12(10)9-18-14-5-6-15(17)11(2)8-14/h3-8,18H,9H2,1-2H3. The van der Waals surface area contributed by atoms with Gasteiger partial charge in [-0.1, -0.05) is 17.7 Å². The molecule has 0 radical (unpaired) electrons. The van der Waals surface area contributed by atoms with E-state index in [1.807, 2.05) is 25.1 Å². The quantitative estimate of drug-likeness (QED) is 0.846. The van der Waals surface area contributed by atoms with Gasteiger partial charge >= 0.3 is 0 Å². The molecule has 0 spiro atoms. The van der Waals surface area contributed by atoms with Crippen molar-refractivity contribution in [1.29, 1.82) is 0 Å².